The number of hydrogen-bond acceptors (Lipinski definition) is 5. The molecule has 0 amide bonds. The molecule has 0 fully saturated rings. The van der Waals surface area contributed by atoms with Crippen molar-refractivity contribution in [2.24, 2.45) is 0 Å². The molecule has 1 aliphatic heterocycles. The number of carboxylic acid groups (broad SMARTS) is 1. The van der Waals surface area contributed by atoms with E-state index in [1.807, 2.05) is 17.7 Å². The lowest BCUT2D eigenvalue weighted by molar-refractivity contribution is 0.0699. The molecule has 2 N–H and O–H groups in total. The standard InChI is InChI=1S/C20H15FN4O3/c1-10-14-6-15-17(7-16(14)22-8-13-9-23-24-25(10)13)28-19(18(15)20(26)27)11-2-4-12(21)5-3-11/h2-7,9-10,22H,8H2,1H3,(H,26,27). The predicted octanol–water partition coefficient (Wildman–Crippen LogP) is 4.06. The fourth-order valence-corrected chi connectivity index (χ4v) is 3.71. The molecule has 0 spiro atoms. The number of rotatable bonds is 2. The number of nitrogens with zero attached hydrogens (tertiary/aromatic N) is 3. The van der Waals surface area contributed by atoms with Crippen molar-refractivity contribution >= 4 is 22.6 Å². The number of anilines is 1. The lowest BCUT2D eigenvalue weighted by atomic mass is 10.00. The van der Waals surface area contributed by atoms with Crippen LogP contribution in [0.4, 0.5) is 10.1 Å². The van der Waals surface area contributed by atoms with Gasteiger partial charge in [-0.2, -0.15) is 0 Å². The quantitative estimate of drug-likeness (QED) is 0.546. The second-order valence-electron chi connectivity index (χ2n) is 6.75. The molecular formula is C20H15FN4O3. The number of nitrogens with one attached hydrogen (secondary N) is 1. The first-order valence-electron chi connectivity index (χ1n) is 8.75. The third-order valence-electron chi connectivity index (χ3n) is 5.11. The molecule has 1 unspecified atom stereocenters. The van der Waals surface area contributed by atoms with Crippen molar-refractivity contribution in [3.05, 3.63) is 65.2 Å². The highest BCUT2D eigenvalue weighted by atomic mass is 19.1. The van der Waals surface area contributed by atoms with Gasteiger partial charge in [0, 0.05) is 28.3 Å². The van der Waals surface area contributed by atoms with E-state index in [2.05, 4.69) is 15.6 Å². The number of furan rings is 1. The Morgan fingerprint density at radius 3 is 2.86 bits per heavy atom. The number of halogens is 1. The third kappa shape index (κ3) is 2.38. The minimum absolute atomic E-state index is 0.0552. The summed E-state index contributed by atoms with van der Waals surface area (Å²) in [5, 5.41) is 21.8. The van der Waals surface area contributed by atoms with Gasteiger partial charge in [0.15, 0.2) is 0 Å². The Hall–Kier alpha value is -3.68. The van der Waals surface area contributed by atoms with Crippen LogP contribution in [0.5, 0.6) is 0 Å². The van der Waals surface area contributed by atoms with Crippen LogP contribution in [0.25, 0.3) is 22.3 Å². The van der Waals surface area contributed by atoms with Crippen molar-refractivity contribution in [3.63, 3.8) is 0 Å². The van der Waals surface area contributed by atoms with Gasteiger partial charge in [0.25, 0.3) is 0 Å². The first-order chi connectivity index (χ1) is 13.5. The first-order valence-corrected chi connectivity index (χ1v) is 8.75. The fraction of sp³-hybridized carbons (Fsp3) is 0.150. The Labute approximate surface area is 158 Å². The zero-order valence-electron chi connectivity index (χ0n) is 14.8. The zero-order valence-corrected chi connectivity index (χ0v) is 14.8. The maximum atomic E-state index is 13.3. The van der Waals surface area contributed by atoms with Gasteiger partial charge in [-0.15, -0.1) is 5.10 Å². The maximum absolute atomic E-state index is 13.3. The second kappa shape index (κ2) is 5.91. The average Bonchev–Trinajstić information content (AvgIpc) is 3.27. The Balaban J connectivity index is 1.75. The van der Waals surface area contributed by atoms with Gasteiger partial charge in [-0.05, 0) is 37.3 Å². The van der Waals surface area contributed by atoms with Gasteiger partial charge in [0.05, 0.1) is 24.5 Å². The number of fused-ring (bicyclic) bond motifs is 3. The predicted molar refractivity (Wildman–Crippen MR) is 99.7 cm³/mol. The number of hydrogen-bond donors (Lipinski definition) is 2. The van der Waals surface area contributed by atoms with Crippen LogP contribution in [0.3, 0.4) is 0 Å². The summed E-state index contributed by atoms with van der Waals surface area (Å²) in [7, 11) is 0. The van der Waals surface area contributed by atoms with E-state index in [9.17, 15) is 14.3 Å². The summed E-state index contributed by atoms with van der Waals surface area (Å²) >= 11 is 0. The van der Waals surface area contributed by atoms with Crippen molar-refractivity contribution in [3.8, 4) is 11.3 Å². The number of aromatic carboxylic acids is 1. The summed E-state index contributed by atoms with van der Waals surface area (Å²) in [5.41, 5.74) is 3.69. The smallest absolute Gasteiger partial charge is 0.340 e. The molecular weight excluding hydrogens is 363 g/mol. The van der Waals surface area contributed by atoms with Crippen molar-refractivity contribution < 1.29 is 18.7 Å². The topological polar surface area (TPSA) is 93.2 Å². The van der Waals surface area contributed by atoms with Gasteiger partial charge >= 0.3 is 5.97 Å². The Kier molecular flexibility index (Phi) is 3.48. The summed E-state index contributed by atoms with van der Waals surface area (Å²) in [6.07, 6.45) is 1.70. The first kappa shape index (κ1) is 16.5. The number of benzene rings is 2. The highest BCUT2D eigenvalue weighted by molar-refractivity contribution is 6.08. The van der Waals surface area contributed by atoms with Gasteiger partial charge in [-0.3, -0.25) is 0 Å². The van der Waals surface area contributed by atoms with E-state index in [0.717, 1.165) is 16.9 Å². The van der Waals surface area contributed by atoms with Crippen LogP contribution in [-0.2, 0) is 6.54 Å². The lowest BCUT2D eigenvalue weighted by Crippen LogP contribution is -2.10. The van der Waals surface area contributed by atoms with Crippen LogP contribution in [0.2, 0.25) is 0 Å². The molecule has 0 saturated carbocycles. The average molecular weight is 378 g/mol. The molecule has 8 heteroatoms. The van der Waals surface area contributed by atoms with Crippen molar-refractivity contribution in [2.45, 2.75) is 19.5 Å². The molecule has 3 heterocycles. The summed E-state index contributed by atoms with van der Waals surface area (Å²) in [5.74, 6) is -1.30. The molecule has 28 heavy (non-hydrogen) atoms. The Bertz CT molecular complexity index is 1230. The molecule has 1 aliphatic rings. The largest absolute Gasteiger partial charge is 0.478 e. The van der Waals surface area contributed by atoms with Gasteiger partial charge in [0.2, 0.25) is 0 Å². The van der Waals surface area contributed by atoms with Crippen LogP contribution in [-0.4, -0.2) is 26.1 Å². The van der Waals surface area contributed by atoms with E-state index in [1.54, 1.807) is 12.3 Å². The number of aromatic nitrogens is 3. The van der Waals surface area contributed by atoms with E-state index in [0.29, 0.717) is 23.1 Å². The molecule has 0 radical (unpaired) electrons. The summed E-state index contributed by atoms with van der Waals surface area (Å²) in [4.78, 5) is 12.0. The van der Waals surface area contributed by atoms with Crippen molar-refractivity contribution in [1.29, 1.82) is 0 Å². The van der Waals surface area contributed by atoms with Crippen molar-refractivity contribution in [2.75, 3.05) is 5.32 Å². The highest BCUT2D eigenvalue weighted by Gasteiger charge is 2.26. The van der Waals surface area contributed by atoms with Crippen LogP contribution in [0, 0.1) is 5.82 Å². The molecule has 2 aromatic heterocycles. The van der Waals surface area contributed by atoms with Crippen LogP contribution in [0.15, 0.2) is 47.0 Å². The third-order valence-corrected chi connectivity index (χ3v) is 5.11. The van der Waals surface area contributed by atoms with Crippen molar-refractivity contribution in [1.82, 2.24) is 15.0 Å². The number of carboxylic acids is 1. The van der Waals surface area contributed by atoms with E-state index in [-0.39, 0.29) is 17.4 Å². The van der Waals surface area contributed by atoms with Gasteiger partial charge in [-0.25, -0.2) is 13.9 Å². The Morgan fingerprint density at radius 2 is 2.11 bits per heavy atom. The van der Waals surface area contributed by atoms with Crippen LogP contribution < -0.4 is 5.32 Å². The Morgan fingerprint density at radius 1 is 1.32 bits per heavy atom. The number of carbonyl (C=O) groups is 1. The SMILES string of the molecule is CC1c2cc3c(C(=O)O)c(-c4ccc(F)cc4)oc3cc2NCc2cnnn21. The van der Waals surface area contributed by atoms with E-state index in [4.69, 9.17) is 4.42 Å². The zero-order chi connectivity index (χ0) is 19.4. The molecule has 0 saturated heterocycles. The van der Waals surface area contributed by atoms with Gasteiger partial charge in [0.1, 0.15) is 22.7 Å². The lowest BCUT2D eigenvalue weighted by Gasteiger charge is -2.14. The molecule has 0 aliphatic carbocycles. The monoisotopic (exact) mass is 378 g/mol. The molecule has 2 aromatic carbocycles. The summed E-state index contributed by atoms with van der Waals surface area (Å²) in [6, 6.07) is 9.07. The molecule has 5 rings (SSSR count). The molecule has 140 valence electrons. The molecule has 4 aromatic rings. The van der Waals surface area contributed by atoms with Crippen LogP contribution >= 0.6 is 0 Å². The fourth-order valence-electron chi connectivity index (χ4n) is 3.71. The minimum Gasteiger partial charge on any atom is -0.478 e. The maximum Gasteiger partial charge on any atom is 0.340 e. The van der Waals surface area contributed by atoms with Gasteiger partial charge in [-0.1, -0.05) is 5.21 Å². The normalized spacial score (nSPS) is 15.6. The van der Waals surface area contributed by atoms with E-state index in [1.165, 1.54) is 24.3 Å². The molecule has 1 atom stereocenters. The summed E-state index contributed by atoms with van der Waals surface area (Å²) < 4.78 is 21.0. The van der Waals surface area contributed by atoms with E-state index < -0.39 is 11.8 Å². The highest BCUT2D eigenvalue weighted by Crippen LogP contribution is 2.39. The second-order valence-corrected chi connectivity index (χ2v) is 6.75. The van der Waals surface area contributed by atoms with E-state index >= 15 is 0 Å². The molecule has 7 nitrogen and oxygen atoms in total. The molecule has 0 bridgehead atoms. The minimum atomic E-state index is -1.10. The summed E-state index contributed by atoms with van der Waals surface area (Å²) in [6.45, 7) is 2.53. The van der Waals surface area contributed by atoms with Gasteiger partial charge < -0.3 is 14.8 Å². The van der Waals surface area contributed by atoms with Crippen LogP contribution in [0.1, 0.15) is 34.6 Å².